The van der Waals surface area contributed by atoms with Crippen molar-refractivity contribution >= 4 is 12.0 Å². The van der Waals surface area contributed by atoms with Crippen LogP contribution in [0.15, 0.2) is 28.8 Å². The van der Waals surface area contributed by atoms with E-state index in [9.17, 15) is 9.59 Å². The molecular weight excluding hydrogens is 352 g/mol. The van der Waals surface area contributed by atoms with Gasteiger partial charge in [0.25, 0.3) is 0 Å². The Kier molecular flexibility index (Phi) is 5.90. The van der Waals surface area contributed by atoms with Crippen LogP contribution in [0.5, 0.6) is 5.75 Å². The standard InChI is InChI=1S/C18H22N4O5/c1-12-4-3-5-14(8-12)26-7-6-15-20-17(27-21-15)13-10-22(11-13)18(24)19-9-16(23)25-2/h3-5,8,13H,6-7,9-11H2,1-2H3,(H,19,24). The Hall–Kier alpha value is -3.10. The number of esters is 1. The van der Waals surface area contributed by atoms with Gasteiger partial charge in [-0.25, -0.2) is 4.79 Å². The Morgan fingerprint density at radius 2 is 2.19 bits per heavy atom. The second-order valence-electron chi connectivity index (χ2n) is 6.30. The lowest BCUT2D eigenvalue weighted by molar-refractivity contribution is -0.139. The first kappa shape index (κ1) is 18.7. The molecule has 0 unspecified atom stereocenters. The average molecular weight is 374 g/mol. The molecule has 0 spiro atoms. The van der Waals surface area contributed by atoms with Gasteiger partial charge in [0.15, 0.2) is 5.82 Å². The molecule has 3 rings (SSSR count). The van der Waals surface area contributed by atoms with Crippen molar-refractivity contribution in [2.45, 2.75) is 19.3 Å². The minimum Gasteiger partial charge on any atom is -0.493 e. The number of ether oxygens (including phenoxy) is 2. The summed E-state index contributed by atoms with van der Waals surface area (Å²) in [5.41, 5.74) is 1.14. The van der Waals surface area contributed by atoms with Gasteiger partial charge in [0, 0.05) is 19.5 Å². The molecule has 1 aliphatic heterocycles. The topological polar surface area (TPSA) is 107 Å². The molecule has 0 atom stereocenters. The number of hydrogen-bond donors (Lipinski definition) is 1. The Labute approximate surface area is 156 Å². The quantitative estimate of drug-likeness (QED) is 0.728. The van der Waals surface area contributed by atoms with Crippen molar-refractivity contribution in [2.24, 2.45) is 0 Å². The fourth-order valence-electron chi connectivity index (χ4n) is 2.63. The number of rotatable bonds is 7. The van der Waals surface area contributed by atoms with Gasteiger partial charge in [0.2, 0.25) is 5.89 Å². The van der Waals surface area contributed by atoms with Crippen LogP contribution in [-0.2, 0) is 16.0 Å². The van der Waals surface area contributed by atoms with Crippen LogP contribution in [0.4, 0.5) is 4.79 Å². The van der Waals surface area contributed by atoms with E-state index in [1.807, 2.05) is 31.2 Å². The molecule has 0 bridgehead atoms. The SMILES string of the molecule is COC(=O)CNC(=O)N1CC(c2nc(CCOc3cccc(C)c3)no2)C1. The lowest BCUT2D eigenvalue weighted by atomic mass is 10.0. The molecule has 9 nitrogen and oxygen atoms in total. The highest BCUT2D eigenvalue weighted by atomic mass is 16.5. The van der Waals surface area contributed by atoms with Gasteiger partial charge >= 0.3 is 12.0 Å². The summed E-state index contributed by atoms with van der Waals surface area (Å²) in [4.78, 5) is 28.8. The van der Waals surface area contributed by atoms with Gasteiger partial charge in [-0.2, -0.15) is 4.98 Å². The van der Waals surface area contributed by atoms with Crippen molar-refractivity contribution in [1.82, 2.24) is 20.4 Å². The number of likely N-dealkylation sites (tertiary alicyclic amines) is 1. The zero-order chi connectivity index (χ0) is 19.2. The van der Waals surface area contributed by atoms with Crippen LogP contribution in [0.3, 0.4) is 0 Å². The lowest BCUT2D eigenvalue weighted by Gasteiger charge is -2.36. The van der Waals surface area contributed by atoms with E-state index in [-0.39, 0.29) is 18.5 Å². The molecule has 0 radical (unpaired) electrons. The highest BCUT2D eigenvalue weighted by Gasteiger charge is 2.35. The van der Waals surface area contributed by atoms with Crippen molar-refractivity contribution in [3.63, 3.8) is 0 Å². The van der Waals surface area contributed by atoms with Crippen molar-refractivity contribution in [3.8, 4) is 5.75 Å². The van der Waals surface area contributed by atoms with E-state index in [1.165, 1.54) is 7.11 Å². The van der Waals surface area contributed by atoms with Crippen molar-refractivity contribution in [1.29, 1.82) is 0 Å². The highest BCUT2D eigenvalue weighted by Crippen LogP contribution is 2.25. The molecule has 1 fully saturated rings. The number of hydrogen-bond acceptors (Lipinski definition) is 7. The number of aromatic nitrogens is 2. The zero-order valence-corrected chi connectivity index (χ0v) is 15.3. The van der Waals surface area contributed by atoms with E-state index in [2.05, 4.69) is 20.2 Å². The van der Waals surface area contributed by atoms with E-state index in [0.717, 1.165) is 11.3 Å². The van der Waals surface area contributed by atoms with Gasteiger partial charge in [0.1, 0.15) is 12.3 Å². The molecule has 1 aromatic carbocycles. The predicted octanol–water partition coefficient (Wildman–Crippen LogP) is 1.28. The Morgan fingerprint density at radius 1 is 1.37 bits per heavy atom. The minimum absolute atomic E-state index is 0.00724. The number of nitrogens with zero attached hydrogens (tertiary/aromatic N) is 3. The summed E-state index contributed by atoms with van der Waals surface area (Å²) < 4.78 is 15.4. The average Bonchev–Trinajstić information content (AvgIpc) is 3.07. The number of carbonyl (C=O) groups excluding carboxylic acids is 2. The van der Waals surface area contributed by atoms with Gasteiger partial charge in [0.05, 0.1) is 19.6 Å². The first-order chi connectivity index (χ1) is 13.0. The summed E-state index contributed by atoms with van der Waals surface area (Å²) in [5, 5.41) is 6.45. The van der Waals surface area contributed by atoms with Gasteiger partial charge in [-0.05, 0) is 24.6 Å². The first-order valence-corrected chi connectivity index (χ1v) is 8.66. The van der Waals surface area contributed by atoms with Gasteiger partial charge in [-0.3, -0.25) is 4.79 Å². The van der Waals surface area contributed by atoms with Crippen LogP contribution in [0.25, 0.3) is 0 Å². The maximum atomic E-state index is 11.9. The molecule has 1 aliphatic rings. The predicted molar refractivity (Wildman–Crippen MR) is 94.4 cm³/mol. The Bertz CT molecular complexity index is 801. The summed E-state index contributed by atoms with van der Waals surface area (Å²) in [6, 6.07) is 7.51. The molecule has 0 aliphatic carbocycles. The summed E-state index contributed by atoms with van der Waals surface area (Å²) in [6.07, 6.45) is 0.535. The number of aryl methyl sites for hydroxylation is 1. The fourth-order valence-corrected chi connectivity index (χ4v) is 2.63. The van der Waals surface area contributed by atoms with Gasteiger partial charge in [-0.15, -0.1) is 0 Å². The van der Waals surface area contributed by atoms with E-state index >= 15 is 0 Å². The van der Waals surface area contributed by atoms with E-state index in [1.54, 1.807) is 4.90 Å². The van der Waals surface area contributed by atoms with Crippen molar-refractivity contribution in [3.05, 3.63) is 41.5 Å². The van der Waals surface area contributed by atoms with E-state index in [0.29, 0.717) is 37.8 Å². The van der Waals surface area contributed by atoms with Crippen LogP contribution >= 0.6 is 0 Å². The van der Waals surface area contributed by atoms with E-state index in [4.69, 9.17) is 9.26 Å². The molecule has 0 saturated carbocycles. The fraction of sp³-hybridized carbons (Fsp3) is 0.444. The summed E-state index contributed by atoms with van der Waals surface area (Å²) in [7, 11) is 1.27. The lowest BCUT2D eigenvalue weighted by Crippen LogP contribution is -2.53. The second kappa shape index (κ2) is 8.52. The van der Waals surface area contributed by atoms with Crippen LogP contribution in [0.2, 0.25) is 0 Å². The van der Waals surface area contributed by atoms with Crippen molar-refractivity contribution < 1.29 is 23.6 Å². The highest BCUT2D eigenvalue weighted by molar-refractivity contribution is 5.81. The second-order valence-corrected chi connectivity index (χ2v) is 6.30. The Morgan fingerprint density at radius 3 is 2.93 bits per heavy atom. The first-order valence-electron chi connectivity index (χ1n) is 8.66. The van der Waals surface area contributed by atoms with Crippen LogP contribution in [-0.4, -0.2) is 60.4 Å². The molecule has 1 aromatic heterocycles. The molecular formula is C18H22N4O5. The molecule has 9 heteroatoms. The minimum atomic E-state index is -0.491. The molecule has 2 amide bonds. The van der Waals surface area contributed by atoms with Crippen LogP contribution in [0.1, 0.15) is 23.2 Å². The molecule has 1 N–H and O–H groups in total. The normalized spacial score (nSPS) is 13.8. The summed E-state index contributed by atoms with van der Waals surface area (Å²) >= 11 is 0. The molecule has 1 saturated heterocycles. The number of methoxy groups -OCH3 is 1. The number of urea groups is 1. The summed E-state index contributed by atoms with van der Waals surface area (Å²) in [6.45, 7) is 3.25. The summed E-state index contributed by atoms with van der Waals surface area (Å²) in [5.74, 6) is 1.41. The van der Waals surface area contributed by atoms with Gasteiger partial charge < -0.3 is 24.2 Å². The smallest absolute Gasteiger partial charge is 0.325 e. The van der Waals surface area contributed by atoms with Crippen molar-refractivity contribution in [2.75, 3.05) is 33.4 Å². The monoisotopic (exact) mass is 374 g/mol. The largest absolute Gasteiger partial charge is 0.493 e. The number of carbonyl (C=O) groups is 2. The third-order valence-corrected chi connectivity index (χ3v) is 4.20. The number of benzene rings is 1. The molecule has 144 valence electrons. The molecule has 27 heavy (non-hydrogen) atoms. The molecule has 2 heterocycles. The van der Waals surface area contributed by atoms with Crippen LogP contribution in [0, 0.1) is 6.92 Å². The number of amides is 2. The zero-order valence-electron chi connectivity index (χ0n) is 15.3. The number of nitrogens with one attached hydrogen (secondary N) is 1. The maximum Gasteiger partial charge on any atom is 0.325 e. The Balaban J connectivity index is 1.40. The maximum absolute atomic E-state index is 11.9. The molecule has 2 aromatic rings. The van der Waals surface area contributed by atoms with Gasteiger partial charge in [-0.1, -0.05) is 17.3 Å². The van der Waals surface area contributed by atoms with Crippen LogP contribution < -0.4 is 10.1 Å². The van der Waals surface area contributed by atoms with E-state index < -0.39 is 5.97 Å². The third kappa shape index (κ3) is 4.96. The third-order valence-electron chi connectivity index (χ3n) is 4.20.